The average molecular weight is 303 g/mol. The normalized spacial score (nSPS) is 11.9. The first-order valence-corrected chi connectivity index (χ1v) is 6.91. The number of nitrogens with one attached hydrogen (secondary N) is 1. The molecule has 2 rings (SSSR count). The van der Waals surface area contributed by atoms with Gasteiger partial charge in [-0.15, -0.1) is 0 Å². The number of phenols is 1. The van der Waals surface area contributed by atoms with E-state index in [0.29, 0.717) is 6.54 Å². The number of methoxy groups -OCH3 is 1. The second-order valence-electron chi connectivity index (χ2n) is 4.93. The third-order valence-electron chi connectivity index (χ3n) is 3.29. The van der Waals surface area contributed by atoms with E-state index in [1.165, 1.54) is 19.2 Å². The molecule has 0 spiro atoms. The fraction of sp³-hybridized carbons (Fsp3) is 0.235. The minimum atomic E-state index is -0.339. The Kier molecular flexibility index (Phi) is 5.49. The Morgan fingerprint density at radius 3 is 2.64 bits per heavy atom. The third-order valence-corrected chi connectivity index (χ3v) is 3.29. The molecule has 116 valence electrons. The zero-order chi connectivity index (χ0) is 15.9. The van der Waals surface area contributed by atoms with E-state index in [1.807, 2.05) is 0 Å². The second kappa shape index (κ2) is 7.56. The summed E-state index contributed by atoms with van der Waals surface area (Å²) in [6, 6.07) is 12.5. The molecule has 1 unspecified atom stereocenters. The predicted molar refractivity (Wildman–Crippen MR) is 81.0 cm³/mol. The summed E-state index contributed by atoms with van der Waals surface area (Å²) < 4.78 is 18.2. The van der Waals surface area contributed by atoms with Crippen LogP contribution in [0.15, 0.2) is 48.5 Å². The van der Waals surface area contributed by atoms with Crippen LogP contribution in [0.2, 0.25) is 0 Å². The molecular formula is C17H18FNO3. The number of aromatic hydroxyl groups is 1. The Balaban J connectivity index is 1.90. The van der Waals surface area contributed by atoms with Gasteiger partial charge in [0.05, 0.1) is 12.5 Å². The van der Waals surface area contributed by atoms with Gasteiger partial charge in [-0.25, -0.2) is 4.39 Å². The molecule has 2 aromatic rings. The molecule has 0 aliphatic carbocycles. The minimum Gasteiger partial charge on any atom is -0.508 e. The zero-order valence-electron chi connectivity index (χ0n) is 12.3. The number of carbonyl (C=O) groups excluding carboxylic acids is 1. The van der Waals surface area contributed by atoms with E-state index in [2.05, 4.69) is 5.32 Å². The maximum atomic E-state index is 12.9. The Morgan fingerprint density at radius 2 is 2.00 bits per heavy atom. The first-order chi connectivity index (χ1) is 10.6. The van der Waals surface area contributed by atoms with Crippen molar-refractivity contribution < 1.29 is 19.0 Å². The summed E-state index contributed by atoms with van der Waals surface area (Å²) in [4.78, 5) is 11.9. The molecule has 1 atom stereocenters. The van der Waals surface area contributed by atoms with Gasteiger partial charge >= 0.3 is 0 Å². The lowest BCUT2D eigenvalue weighted by Gasteiger charge is -2.16. The van der Waals surface area contributed by atoms with Crippen molar-refractivity contribution >= 4 is 5.91 Å². The van der Waals surface area contributed by atoms with Gasteiger partial charge in [-0.1, -0.05) is 24.3 Å². The summed E-state index contributed by atoms with van der Waals surface area (Å²) in [6.45, 7) is 0.291. The average Bonchev–Trinajstić information content (AvgIpc) is 2.49. The van der Waals surface area contributed by atoms with E-state index in [9.17, 15) is 14.3 Å². The van der Waals surface area contributed by atoms with Crippen molar-refractivity contribution in [2.75, 3.05) is 13.7 Å². The fourth-order valence-electron chi connectivity index (χ4n) is 2.14. The summed E-state index contributed by atoms with van der Waals surface area (Å²) in [6.07, 6.45) is -0.164. The van der Waals surface area contributed by atoms with Crippen molar-refractivity contribution in [2.45, 2.75) is 12.5 Å². The molecule has 0 saturated heterocycles. The van der Waals surface area contributed by atoms with Crippen LogP contribution >= 0.6 is 0 Å². The molecule has 2 aromatic carbocycles. The summed E-state index contributed by atoms with van der Waals surface area (Å²) in [5.41, 5.74) is 1.52. The molecule has 1 amide bonds. The summed E-state index contributed by atoms with van der Waals surface area (Å²) in [7, 11) is 1.54. The third kappa shape index (κ3) is 4.56. The molecule has 0 aliphatic heterocycles. The van der Waals surface area contributed by atoms with Crippen molar-refractivity contribution in [3.8, 4) is 5.75 Å². The van der Waals surface area contributed by atoms with Crippen LogP contribution < -0.4 is 5.32 Å². The number of benzene rings is 2. The van der Waals surface area contributed by atoms with Gasteiger partial charge in [0.15, 0.2) is 0 Å². The molecule has 0 bridgehead atoms. The highest BCUT2D eigenvalue weighted by Crippen LogP contribution is 2.16. The van der Waals surface area contributed by atoms with E-state index in [0.717, 1.165) is 11.1 Å². The summed E-state index contributed by atoms with van der Waals surface area (Å²) >= 11 is 0. The van der Waals surface area contributed by atoms with E-state index >= 15 is 0 Å². The van der Waals surface area contributed by atoms with Gasteiger partial charge in [0.2, 0.25) is 5.91 Å². The first-order valence-electron chi connectivity index (χ1n) is 6.91. The molecule has 0 heterocycles. The highest BCUT2D eigenvalue weighted by Gasteiger charge is 2.12. The molecule has 0 saturated carbocycles. The molecule has 0 aliphatic rings. The number of rotatable bonds is 6. The minimum absolute atomic E-state index is 0.131. The summed E-state index contributed by atoms with van der Waals surface area (Å²) in [5.74, 6) is -0.354. The number of ether oxygens (including phenoxy) is 1. The van der Waals surface area contributed by atoms with Gasteiger partial charge in [0, 0.05) is 13.7 Å². The zero-order valence-corrected chi connectivity index (χ0v) is 12.3. The van der Waals surface area contributed by atoms with Gasteiger partial charge in [0.25, 0.3) is 0 Å². The highest BCUT2D eigenvalue weighted by molar-refractivity contribution is 5.78. The lowest BCUT2D eigenvalue weighted by Crippen LogP contribution is -2.30. The number of halogens is 1. The maximum Gasteiger partial charge on any atom is 0.224 e. The van der Waals surface area contributed by atoms with Crippen LogP contribution in [0.1, 0.15) is 17.2 Å². The molecule has 5 heteroatoms. The van der Waals surface area contributed by atoms with Crippen molar-refractivity contribution in [1.82, 2.24) is 5.32 Å². The van der Waals surface area contributed by atoms with Crippen molar-refractivity contribution in [3.05, 3.63) is 65.5 Å². The largest absolute Gasteiger partial charge is 0.508 e. The summed E-state index contributed by atoms with van der Waals surface area (Å²) in [5, 5.41) is 12.1. The Morgan fingerprint density at radius 1 is 1.27 bits per heavy atom. The number of carbonyl (C=O) groups is 1. The van der Waals surface area contributed by atoms with E-state index < -0.39 is 0 Å². The first kappa shape index (κ1) is 16.0. The van der Waals surface area contributed by atoms with Crippen LogP contribution in [-0.2, 0) is 16.0 Å². The molecular weight excluding hydrogens is 285 g/mol. The predicted octanol–water partition coefficient (Wildman–Crippen LogP) is 2.58. The molecule has 0 radical (unpaired) electrons. The molecule has 0 aromatic heterocycles. The topological polar surface area (TPSA) is 58.6 Å². The monoisotopic (exact) mass is 303 g/mol. The van der Waals surface area contributed by atoms with Gasteiger partial charge in [-0.3, -0.25) is 4.79 Å². The SMILES string of the molecule is COC(CNC(=O)Cc1cccc(O)c1)c1ccc(F)cc1. The molecule has 4 nitrogen and oxygen atoms in total. The second-order valence-corrected chi connectivity index (χ2v) is 4.93. The Bertz CT molecular complexity index is 628. The van der Waals surface area contributed by atoms with Crippen molar-refractivity contribution in [3.63, 3.8) is 0 Å². The molecule has 22 heavy (non-hydrogen) atoms. The van der Waals surface area contributed by atoms with Crippen LogP contribution in [-0.4, -0.2) is 24.7 Å². The van der Waals surface area contributed by atoms with Crippen molar-refractivity contribution in [2.24, 2.45) is 0 Å². The smallest absolute Gasteiger partial charge is 0.224 e. The van der Waals surface area contributed by atoms with Crippen LogP contribution in [0.5, 0.6) is 5.75 Å². The molecule has 2 N–H and O–H groups in total. The lowest BCUT2D eigenvalue weighted by atomic mass is 10.1. The number of hydrogen-bond donors (Lipinski definition) is 2. The fourth-order valence-corrected chi connectivity index (χ4v) is 2.14. The maximum absolute atomic E-state index is 12.9. The van der Waals surface area contributed by atoms with Gasteiger partial charge in [0.1, 0.15) is 11.6 Å². The Hall–Kier alpha value is -2.40. The van der Waals surface area contributed by atoms with Gasteiger partial charge < -0.3 is 15.2 Å². The van der Waals surface area contributed by atoms with E-state index in [-0.39, 0.29) is 30.0 Å². The van der Waals surface area contributed by atoms with Gasteiger partial charge in [-0.05, 0) is 35.4 Å². The van der Waals surface area contributed by atoms with Crippen LogP contribution in [0.3, 0.4) is 0 Å². The van der Waals surface area contributed by atoms with E-state index in [1.54, 1.807) is 36.4 Å². The number of hydrogen-bond acceptors (Lipinski definition) is 3. The molecule has 0 fully saturated rings. The number of phenolic OH excluding ortho intramolecular Hbond substituents is 1. The van der Waals surface area contributed by atoms with Gasteiger partial charge in [-0.2, -0.15) is 0 Å². The Labute approximate surface area is 128 Å². The van der Waals surface area contributed by atoms with Crippen molar-refractivity contribution in [1.29, 1.82) is 0 Å². The highest BCUT2D eigenvalue weighted by atomic mass is 19.1. The van der Waals surface area contributed by atoms with Crippen LogP contribution in [0, 0.1) is 5.82 Å². The quantitative estimate of drug-likeness (QED) is 0.862. The van der Waals surface area contributed by atoms with Crippen LogP contribution in [0.4, 0.5) is 4.39 Å². The number of amides is 1. The van der Waals surface area contributed by atoms with E-state index in [4.69, 9.17) is 4.74 Å². The standard InChI is InChI=1S/C17H18FNO3/c1-22-16(13-5-7-14(18)8-6-13)11-19-17(21)10-12-3-2-4-15(20)9-12/h2-9,16,20H,10-11H2,1H3,(H,19,21). The lowest BCUT2D eigenvalue weighted by molar-refractivity contribution is -0.121. The van der Waals surface area contributed by atoms with Crippen LogP contribution in [0.25, 0.3) is 0 Å².